The average Bonchev–Trinajstić information content (AvgIpc) is 2.48. The fourth-order valence-corrected chi connectivity index (χ4v) is 4.03. The van der Waals surface area contributed by atoms with Crippen molar-refractivity contribution in [1.82, 2.24) is 0 Å². The van der Waals surface area contributed by atoms with E-state index in [1.54, 1.807) is 0 Å². The Hall–Kier alpha value is -1.65. The maximum atomic E-state index is 12.8. The highest BCUT2D eigenvalue weighted by Gasteiger charge is 2.33. The number of fused-ring (bicyclic) bond motifs is 1. The van der Waals surface area contributed by atoms with Crippen molar-refractivity contribution < 1.29 is 8.95 Å². The summed E-state index contributed by atoms with van der Waals surface area (Å²) in [7, 11) is -1.17. The predicted octanol–water partition coefficient (Wildman–Crippen LogP) is 2.56. The summed E-state index contributed by atoms with van der Waals surface area (Å²) < 4.78 is 18.5. The van der Waals surface area contributed by atoms with Gasteiger partial charge in [0.25, 0.3) is 0 Å². The predicted molar refractivity (Wildman–Crippen MR) is 80.2 cm³/mol. The summed E-state index contributed by atoms with van der Waals surface area (Å²) in [6.07, 6.45) is 0. The van der Waals surface area contributed by atoms with Crippen LogP contribution in [-0.4, -0.2) is 16.1 Å². The molecule has 1 aliphatic heterocycles. The Morgan fingerprint density at radius 1 is 1.15 bits per heavy atom. The molecule has 20 heavy (non-hydrogen) atoms. The van der Waals surface area contributed by atoms with Gasteiger partial charge in [-0.15, -0.1) is 0 Å². The molecule has 3 unspecified atom stereocenters. The molecule has 0 radical (unpaired) electrons. The van der Waals surface area contributed by atoms with Crippen molar-refractivity contribution in [1.29, 1.82) is 0 Å². The number of hydrogen-bond donors (Lipinski definition) is 1. The van der Waals surface area contributed by atoms with Gasteiger partial charge in [-0.25, -0.2) is 0 Å². The summed E-state index contributed by atoms with van der Waals surface area (Å²) in [5, 5.41) is -0.217. The first kappa shape index (κ1) is 13.3. The van der Waals surface area contributed by atoms with Crippen molar-refractivity contribution in [2.24, 2.45) is 5.73 Å². The molecule has 0 saturated heterocycles. The molecular formula is C16H17NO2S. The van der Waals surface area contributed by atoms with E-state index in [2.05, 4.69) is 0 Å². The number of benzene rings is 2. The van der Waals surface area contributed by atoms with E-state index >= 15 is 0 Å². The summed E-state index contributed by atoms with van der Waals surface area (Å²) in [4.78, 5) is 0.843. The maximum absolute atomic E-state index is 12.8. The molecule has 0 aliphatic carbocycles. The normalized spacial score (nSPS) is 22.7. The van der Waals surface area contributed by atoms with Gasteiger partial charge in [0.05, 0.1) is 22.1 Å². The lowest BCUT2D eigenvalue weighted by Crippen LogP contribution is -2.39. The molecule has 2 N–H and O–H groups in total. The van der Waals surface area contributed by atoms with Crippen LogP contribution >= 0.6 is 0 Å². The molecule has 1 aliphatic rings. The Morgan fingerprint density at radius 2 is 1.85 bits per heavy atom. The molecule has 1 heterocycles. The van der Waals surface area contributed by atoms with Gasteiger partial charge in [-0.2, -0.15) is 0 Å². The zero-order valence-corrected chi connectivity index (χ0v) is 12.1. The molecule has 3 atom stereocenters. The van der Waals surface area contributed by atoms with E-state index in [4.69, 9.17) is 10.5 Å². The second kappa shape index (κ2) is 5.38. The first-order chi connectivity index (χ1) is 9.68. The minimum absolute atomic E-state index is 0.217. The molecule has 0 spiro atoms. The molecule has 0 aromatic heterocycles. The number of aryl methyl sites for hydroxylation is 1. The Labute approximate surface area is 121 Å². The van der Waals surface area contributed by atoms with E-state index in [1.807, 2.05) is 55.5 Å². The van der Waals surface area contributed by atoms with Crippen LogP contribution in [0, 0.1) is 6.92 Å². The Morgan fingerprint density at radius 3 is 2.65 bits per heavy atom. The number of rotatable bonds is 2. The van der Waals surface area contributed by atoms with E-state index in [9.17, 15) is 4.21 Å². The molecule has 0 bridgehead atoms. The number of hydrogen-bond acceptors (Lipinski definition) is 3. The molecule has 0 amide bonds. The van der Waals surface area contributed by atoms with Gasteiger partial charge < -0.3 is 10.5 Å². The van der Waals surface area contributed by atoms with Gasteiger partial charge in [-0.3, -0.25) is 4.21 Å². The molecule has 0 fully saturated rings. The smallest absolute Gasteiger partial charge is 0.124 e. The van der Waals surface area contributed by atoms with Crippen molar-refractivity contribution in [3.8, 4) is 5.75 Å². The summed E-state index contributed by atoms with van der Waals surface area (Å²) in [6.45, 7) is 2.36. The SMILES string of the molecule is Cc1ccccc1S(=O)C1COc2ccccc2C1N. The zero-order valence-electron chi connectivity index (χ0n) is 11.3. The van der Waals surface area contributed by atoms with E-state index in [-0.39, 0.29) is 11.3 Å². The summed E-state index contributed by atoms with van der Waals surface area (Å²) in [5.74, 6) is 0.804. The van der Waals surface area contributed by atoms with Crippen LogP contribution in [0.5, 0.6) is 5.75 Å². The van der Waals surface area contributed by atoms with Crippen LogP contribution in [0.2, 0.25) is 0 Å². The summed E-state index contributed by atoms with van der Waals surface area (Å²) >= 11 is 0. The molecule has 104 valence electrons. The summed E-state index contributed by atoms with van der Waals surface area (Å²) in [5.41, 5.74) is 8.27. The third-order valence-corrected chi connectivity index (χ3v) is 5.54. The number of nitrogens with two attached hydrogens (primary N) is 1. The standard InChI is InChI=1S/C16H17NO2S/c1-11-6-2-5-9-14(11)20(18)15-10-19-13-8-4-3-7-12(13)16(15)17/h2-9,15-16H,10,17H2,1H3. The van der Waals surface area contributed by atoms with Crippen LogP contribution in [-0.2, 0) is 10.8 Å². The molecular weight excluding hydrogens is 270 g/mol. The Bertz CT molecular complexity index is 656. The lowest BCUT2D eigenvalue weighted by atomic mass is 10.0. The second-order valence-corrected chi connectivity index (χ2v) is 6.62. The molecule has 3 rings (SSSR count). The topological polar surface area (TPSA) is 52.3 Å². The fraction of sp³-hybridized carbons (Fsp3) is 0.250. The second-order valence-electron chi connectivity index (χ2n) is 4.98. The highest BCUT2D eigenvalue weighted by atomic mass is 32.2. The average molecular weight is 287 g/mol. The summed E-state index contributed by atoms with van der Waals surface area (Å²) in [6, 6.07) is 15.2. The molecule has 4 heteroatoms. The lowest BCUT2D eigenvalue weighted by molar-refractivity contribution is 0.273. The monoisotopic (exact) mass is 287 g/mol. The van der Waals surface area contributed by atoms with Gasteiger partial charge in [0.15, 0.2) is 0 Å². The van der Waals surface area contributed by atoms with Gasteiger partial charge in [0, 0.05) is 10.5 Å². The van der Waals surface area contributed by atoms with Crippen LogP contribution in [0.15, 0.2) is 53.4 Å². The molecule has 0 saturated carbocycles. The van der Waals surface area contributed by atoms with Gasteiger partial charge in [-0.05, 0) is 24.6 Å². The van der Waals surface area contributed by atoms with Crippen LogP contribution in [0.1, 0.15) is 17.2 Å². The number of para-hydroxylation sites is 1. The zero-order chi connectivity index (χ0) is 14.1. The Balaban J connectivity index is 1.93. The van der Waals surface area contributed by atoms with Crippen molar-refractivity contribution in [2.75, 3.05) is 6.61 Å². The van der Waals surface area contributed by atoms with Crippen LogP contribution in [0.4, 0.5) is 0 Å². The van der Waals surface area contributed by atoms with E-state index in [1.165, 1.54) is 0 Å². The largest absolute Gasteiger partial charge is 0.492 e. The molecule has 2 aromatic rings. The van der Waals surface area contributed by atoms with Gasteiger partial charge in [0.2, 0.25) is 0 Å². The van der Waals surface area contributed by atoms with Gasteiger partial charge in [0.1, 0.15) is 12.4 Å². The van der Waals surface area contributed by atoms with Crippen molar-refractivity contribution >= 4 is 10.8 Å². The maximum Gasteiger partial charge on any atom is 0.124 e. The first-order valence-electron chi connectivity index (χ1n) is 6.62. The van der Waals surface area contributed by atoms with Gasteiger partial charge in [-0.1, -0.05) is 36.4 Å². The van der Waals surface area contributed by atoms with Crippen molar-refractivity contribution in [3.63, 3.8) is 0 Å². The molecule has 3 nitrogen and oxygen atoms in total. The van der Waals surface area contributed by atoms with Crippen molar-refractivity contribution in [3.05, 3.63) is 59.7 Å². The minimum Gasteiger partial charge on any atom is -0.492 e. The highest BCUT2D eigenvalue weighted by Crippen LogP contribution is 2.34. The van der Waals surface area contributed by atoms with Crippen molar-refractivity contribution in [2.45, 2.75) is 23.1 Å². The first-order valence-corrected chi connectivity index (χ1v) is 7.83. The van der Waals surface area contributed by atoms with Gasteiger partial charge >= 0.3 is 0 Å². The van der Waals surface area contributed by atoms with E-state index < -0.39 is 10.8 Å². The molecule has 2 aromatic carbocycles. The fourth-order valence-electron chi connectivity index (χ4n) is 2.50. The number of ether oxygens (including phenoxy) is 1. The van der Waals surface area contributed by atoms with Crippen LogP contribution in [0.3, 0.4) is 0 Å². The highest BCUT2D eigenvalue weighted by molar-refractivity contribution is 7.85. The third kappa shape index (κ3) is 2.25. The minimum atomic E-state index is -1.17. The lowest BCUT2D eigenvalue weighted by Gasteiger charge is -2.30. The van der Waals surface area contributed by atoms with E-state index in [0.29, 0.717) is 6.61 Å². The quantitative estimate of drug-likeness (QED) is 0.923. The Kier molecular flexibility index (Phi) is 3.59. The van der Waals surface area contributed by atoms with Crippen LogP contribution < -0.4 is 10.5 Å². The van der Waals surface area contributed by atoms with Crippen LogP contribution in [0.25, 0.3) is 0 Å². The van der Waals surface area contributed by atoms with E-state index in [0.717, 1.165) is 21.8 Å². The third-order valence-electron chi connectivity index (χ3n) is 3.67.